The van der Waals surface area contributed by atoms with E-state index in [1.54, 1.807) is 17.2 Å². The van der Waals surface area contributed by atoms with Gasteiger partial charge in [0.1, 0.15) is 23.9 Å². The first-order valence-corrected chi connectivity index (χ1v) is 9.82. The molecule has 0 aliphatic carbocycles. The second-order valence-corrected chi connectivity index (χ2v) is 7.79. The predicted molar refractivity (Wildman–Crippen MR) is 115 cm³/mol. The number of aromatic nitrogens is 2. The topological polar surface area (TPSA) is 76.6 Å². The van der Waals surface area contributed by atoms with Crippen molar-refractivity contribution in [2.75, 3.05) is 16.8 Å². The molecule has 1 N–H and O–H groups in total. The lowest BCUT2D eigenvalue weighted by atomic mass is 10.1. The van der Waals surface area contributed by atoms with E-state index in [0.717, 1.165) is 17.1 Å². The summed E-state index contributed by atoms with van der Waals surface area (Å²) in [7, 11) is 0. The van der Waals surface area contributed by atoms with Crippen LogP contribution in [0.25, 0.3) is 0 Å². The maximum absolute atomic E-state index is 12.1. The van der Waals surface area contributed by atoms with Crippen LogP contribution in [0.5, 0.6) is 11.5 Å². The number of nitrogens with zero attached hydrogens (tertiary/aromatic N) is 3. The Balaban J connectivity index is 1.45. The molecule has 1 aliphatic heterocycles. The third-order valence-corrected chi connectivity index (χ3v) is 4.91. The lowest BCUT2D eigenvalue weighted by Gasteiger charge is -2.27. The molecule has 0 bridgehead atoms. The van der Waals surface area contributed by atoms with E-state index in [1.165, 1.54) is 0 Å². The number of ether oxygens (including phenoxy) is 2. The smallest absolute Gasteiger partial charge is 0.416 e. The number of rotatable bonds is 6. The fraction of sp³-hybridized carbons (Fsp3) is 0.261. The average molecular weight is 404 g/mol. The summed E-state index contributed by atoms with van der Waals surface area (Å²) in [6.45, 7) is 6.23. The molecule has 1 aromatic heterocycles. The number of anilines is 2. The minimum Gasteiger partial charge on any atom is -0.457 e. The maximum Gasteiger partial charge on any atom is 0.416 e. The number of nitrogens with one attached hydrogen (secondary N) is 1. The van der Waals surface area contributed by atoms with Crippen molar-refractivity contribution in [1.29, 1.82) is 0 Å². The van der Waals surface area contributed by atoms with Gasteiger partial charge in [-0.2, -0.15) is 4.98 Å². The molecule has 7 nitrogen and oxygen atoms in total. The van der Waals surface area contributed by atoms with Gasteiger partial charge in [-0.05, 0) is 56.7 Å². The van der Waals surface area contributed by atoms with Crippen LogP contribution < -0.4 is 15.0 Å². The fourth-order valence-electron chi connectivity index (χ4n) is 3.29. The first kappa shape index (κ1) is 19.7. The summed E-state index contributed by atoms with van der Waals surface area (Å²) >= 11 is 0. The molecule has 2 heterocycles. The number of hydrogen-bond donors (Lipinski definition) is 1. The Labute approximate surface area is 175 Å². The molecule has 0 unspecified atom stereocenters. The van der Waals surface area contributed by atoms with Gasteiger partial charge in [0.25, 0.3) is 0 Å². The zero-order chi connectivity index (χ0) is 21.1. The Morgan fingerprint density at radius 3 is 2.43 bits per heavy atom. The Morgan fingerprint density at radius 2 is 1.77 bits per heavy atom. The van der Waals surface area contributed by atoms with Crippen molar-refractivity contribution in [3.8, 4) is 11.5 Å². The number of carbonyl (C=O) groups excluding carboxylic acids is 1. The van der Waals surface area contributed by atoms with Crippen LogP contribution in [0.2, 0.25) is 0 Å². The molecule has 2 aromatic carbocycles. The molecule has 154 valence electrons. The first-order chi connectivity index (χ1) is 14.4. The molecule has 0 radical (unpaired) electrons. The van der Waals surface area contributed by atoms with Crippen molar-refractivity contribution >= 4 is 17.9 Å². The number of para-hydroxylation sites is 1. The predicted octanol–water partition coefficient (Wildman–Crippen LogP) is 5.18. The molecule has 7 heteroatoms. The zero-order valence-corrected chi connectivity index (χ0v) is 17.2. The molecular weight excluding hydrogens is 380 g/mol. The number of cyclic esters (lactones) is 1. The number of hydrogen-bond acceptors (Lipinski definition) is 6. The minimum atomic E-state index is -0.455. The van der Waals surface area contributed by atoms with Crippen LogP contribution in [0.15, 0.2) is 66.9 Å². The average Bonchev–Trinajstić information content (AvgIpc) is 3.02. The zero-order valence-electron chi connectivity index (χ0n) is 17.2. The molecule has 1 fully saturated rings. The van der Waals surface area contributed by atoms with E-state index in [2.05, 4.69) is 15.3 Å². The Bertz CT molecular complexity index is 1020. The number of amides is 1. The van der Waals surface area contributed by atoms with Crippen LogP contribution in [-0.2, 0) is 4.74 Å². The molecule has 1 atom stereocenters. The van der Waals surface area contributed by atoms with Gasteiger partial charge in [0.15, 0.2) is 0 Å². The van der Waals surface area contributed by atoms with Gasteiger partial charge >= 0.3 is 6.09 Å². The summed E-state index contributed by atoms with van der Waals surface area (Å²) in [4.78, 5) is 22.5. The molecule has 1 saturated heterocycles. The largest absolute Gasteiger partial charge is 0.457 e. The van der Waals surface area contributed by atoms with Crippen LogP contribution in [0.4, 0.5) is 16.6 Å². The van der Waals surface area contributed by atoms with Gasteiger partial charge < -0.3 is 14.8 Å². The van der Waals surface area contributed by atoms with E-state index in [-0.39, 0.29) is 6.04 Å². The standard InChI is InChI=1S/C23H24N4O3/c1-16(17-9-11-19(12-10-17)30-18-7-5-4-6-8-18)25-21-24-14-13-20(26-21)27-22(28)29-15-23(27,2)3/h4-14,16H,15H2,1-3H3,(H,24,25,26)/t16-/m0/s1. The van der Waals surface area contributed by atoms with Crippen molar-refractivity contribution in [2.45, 2.75) is 32.4 Å². The monoisotopic (exact) mass is 404 g/mol. The SMILES string of the molecule is C[C@H](Nc1nccc(N2C(=O)OCC2(C)C)n1)c1ccc(Oc2ccccc2)cc1. The summed E-state index contributed by atoms with van der Waals surface area (Å²) in [5.74, 6) is 2.52. The third-order valence-electron chi connectivity index (χ3n) is 4.91. The van der Waals surface area contributed by atoms with Crippen LogP contribution in [0.3, 0.4) is 0 Å². The van der Waals surface area contributed by atoms with E-state index in [0.29, 0.717) is 18.4 Å². The lowest BCUT2D eigenvalue weighted by molar-refractivity contribution is 0.175. The summed E-state index contributed by atoms with van der Waals surface area (Å²) < 4.78 is 11.0. The van der Waals surface area contributed by atoms with E-state index in [1.807, 2.05) is 75.4 Å². The van der Waals surface area contributed by atoms with E-state index in [4.69, 9.17) is 9.47 Å². The highest BCUT2D eigenvalue weighted by Crippen LogP contribution is 2.30. The number of benzene rings is 2. The molecule has 1 aliphatic rings. The maximum atomic E-state index is 12.1. The molecule has 4 rings (SSSR count). The normalized spacial score (nSPS) is 16.1. The summed E-state index contributed by atoms with van der Waals surface area (Å²) in [5, 5.41) is 3.29. The molecule has 3 aromatic rings. The second kappa shape index (κ2) is 8.02. The van der Waals surface area contributed by atoms with Crippen LogP contribution in [0.1, 0.15) is 32.4 Å². The van der Waals surface area contributed by atoms with Crippen molar-refractivity contribution in [1.82, 2.24) is 9.97 Å². The Kier molecular flexibility index (Phi) is 5.27. The summed E-state index contributed by atoms with van der Waals surface area (Å²) in [6, 6.07) is 19.2. The highest BCUT2D eigenvalue weighted by molar-refractivity contribution is 5.90. The highest BCUT2D eigenvalue weighted by Gasteiger charge is 2.41. The van der Waals surface area contributed by atoms with Gasteiger partial charge in [0.05, 0.1) is 11.6 Å². The summed E-state index contributed by atoms with van der Waals surface area (Å²) in [6.07, 6.45) is 1.24. The van der Waals surface area contributed by atoms with Gasteiger partial charge in [0.2, 0.25) is 5.95 Å². The van der Waals surface area contributed by atoms with E-state index < -0.39 is 11.6 Å². The second-order valence-electron chi connectivity index (χ2n) is 7.79. The van der Waals surface area contributed by atoms with E-state index >= 15 is 0 Å². The van der Waals surface area contributed by atoms with Gasteiger partial charge in [-0.1, -0.05) is 30.3 Å². The van der Waals surface area contributed by atoms with Crippen molar-refractivity contribution in [3.05, 3.63) is 72.4 Å². The molecule has 0 spiro atoms. The molecule has 1 amide bonds. The first-order valence-electron chi connectivity index (χ1n) is 9.82. The van der Waals surface area contributed by atoms with Crippen LogP contribution in [0, 0.1) is 0 Å². The van der Waals surface area contributed by atoms with Crippen molar-refractivity contribution in [3.63, 3.8) is 0 Å². The minimum absolute atomic E-state index is 0.0374. The van der Waals surface area contributed by atoms with Crippen molar-refractivity contribution in [2.24, 2.45) is 0 Å². The quantitative estimate of drug-likeness (QED) is 0.610. The lowest BCUT2D eigenvalue weighted by Crippen LogP contribution is -2.42. The summed E-state index contributed by atoms with van der Waals surface area (Å²) in [5.41, 5.74) is 0.605. The van der Waals surface area contributed by atoms with E-state index in [9.17, 15) is 4.79 Å². The molecule has 0 saturated carbocycles. The highest BCUT2D eigenvalue weighted by atomic mass is 16.6. The van der Waals surface area contributed by atoms with Gasteiger partial charge in [-0.25, -0.2) is 9.78 Å². The van der Waals surface area contributed by atoms with Crippen molar-refractivity contribution < 1.29 is 14.3 Å². The van der Waals surface area contributed by atoms with Crippen LogP contribution in [-0.4, -0.2) is 28.2 Å². The van der Waals surface area contributed by atoms with Gasteiger partial charge in [0, 0.05) is 6.20 Å². The third kappa shape index (κ3) is 4.20. The number of carbonyl (C=O) groups is 1. The van der Waals surface area contributed by atoms with Gasteiger partial charge in [-0.15, -0.1) is 0 Å². The van der Waals surface area contributed by atoms with Crippen LogP contribution >= 0.6 is 0 Å². The Hall–Kier alpha value is -3.61. The van der Waals surface area contributed by atoms with Gasteiger partial charge in [-0.3, -0.25) is 4.90 Å². The molecular formula is C23H24N4O3. The fourth-order valence-corrected chi connectivity index (χ4v) is 3.29. The molecule has 30 heavy (non-hydrogen) atoms. The Morgan fingerprint density at radius 1 is 1.07 bits per heavy atom.